The van der Waals surface area contributed by atoms with Gasteiger partial charge in [-0.1, -0.05) is 0 Å². The molecule has 1 aromatic heterocycles. The van der Waals surface area contributed by atoms with Gasteiger partial charge in [0.15, 0.2) is 0 Å². The molecule has 0 atom stereocenters. The predicted octanol–water partition coefficient (Wildman–Crippen LogP) is 6.78. The fraction of sp³-hybridized carbons (Fsp3) is 0.696. The van der Waals surface area contributed by atoms with Crippen molar-refractivity contribution in [1.82, 2.24) is 15.4 Å². The van der Waals surface area contributed by atoms with Crippen LogP contribution in [0.25, 0.3) is 11.0 Å². The van der Waals surface area contributed by atoms with Crippen LogP contribution >= 0.6 is 6.83 Å². The molecular formula is C23H40N3O2P. The molecule has 29 heavy (non-hydrogen) atoms. The van der Waals surface area contributed by atoms with Crippen LogP contribution < -0.4 is 0 Å². The standard InChI is InChI=1S/C23H40N3O2P/c1-5-9-16-29(17-10-6-2,18-11-7-3,19-12-8-4)28-23(27)20-14-13-15-21-22(20)25-26-24-21/h13-15H,5-12,16-19H2,1-4H3,(H,24,25,26). The summed E-state index contributed by atoms with van der Waals surface area (Å²) in [5.41, 5.74) is 1.88. The topological polar surface area (TPSA) is 67.9 Å². The number of nitrogens with one attached hydrogen (secondary N) is 1. The summed E-state index contributed by atoms with van der Waals surface area (Å²) in [6, 6.07) is 5.57. The second-order valence-corrected chi connectivity index (χ2v) is 14.2. The van der Waals surface area contributed by atoms with E-state index in [4.69, 9.17) is 4.52 Å². The van der Waals surface area contributed by atoms with Crippen molar-refractivity contribution < 1.29 is 9.32 Å². The SMILES string of the molecule is CCCCP(CCCC)(CCCC)(CCCC)OC(=O)c1cccc2n[nH]nc12. The Balaban J connectivity index is 2.49. The zero-order valence-corrected chi connectivity index (χ0v) is 19.8. The van der Waals surface area contributed by atoms with E-state index in [1.165, 1.54) is 0 Å². The van der Waals surface area contributed by atoms with Crippen molar-refractivity contribution >= 4 is 23.8 Å². The van der Waals surface area contributed by atoms with Crippen LogP contribution in [0.1, 0.15) is 89.4 Å². The predicted molar refractivity (Wildman–Crippen MR) is 125 cm³/mol. The molecule has 1 heterocycles. The summed E-state index contributed by atoms with van der Waals surface area (Å²) in [5.74, 6) is -0.193. The van der Waals surface area contributed by atoms with Gasteiger partial charge in [0.05, 0.1) is 0 Å². The zero-order valence-electron chi connectivity index (χ0n) is 18.9. The number of carbonyl (C=O) groups is 1. The number of H-pyrrole nitrogens is 1. The summed E-state index contributed by atoms with van der Waals surface area (Å²) in [7, 11) is 0. The Kier molecular flexibility index (Phi) is 9.07. The van der Waals surface area contributed by atoms with Crippen molar-refractivity contribution in [2.45, 2.75) is 79.1 Å². The molecule has 0 amide bonds. The second kappa shape index (κ2) is 11.1. The van der Waals surface area contributed by atoms with Gasteiger partial charge >= 0.3 is 176 Å². The average Bonchev–Trinajstić information content (AvgIpc) is 3.23. The number of aromatic amines is 1. The van der Waals surface area contributed by atoms with Gasteiger partial charge in [-0.25, -0.2) is 0 Å². The molecule has 2 rings (SSSR count). The van der Waals surface area contributed by atoms with Gasteiger partial charge in [-0.3, -0.25) is 0 Å². The Labute approximate surface area is 176 Å². The number of hydrogen-bond acceptors (Lipinski definition) is 4. The molecule has 0 bridgehead atoms. The number of fused-ring (bicyclic) bond motifs is 1. The van der Waals surface area contributed by atoms with E-state index < -0.39 is 6.83 Å². The van der Waals surface area contributed by atoms with E-state index in [2.05, 4.69) is 43.1 Å². The minimum atomic E-state index is -2.65. The first kappa shape index (κ1) is 23.8. The summed E-state index contributed by atoms with van der Waals surface area (Å²) < 4.78 is 6.81. The summed E-state index contributed by atoms with van der Waals surface area (Å²) >= 11 is 0. The Morgan fingerprint density at radius 1 is 0.862 bits per heavy atom. The Morgan fingerprint density at radius 3 is 1.86 bits per heavy atom. The molecule has 0 aliphatic heterocycles. The first-order valence-corrected chi connectivity index (χ1v) is 14.5. The normalized spacial score (nSPS) is 13.3. The zero-order chi connectivity index (χ0) is 21.2. The number of aromatic nitrogens is 3. The van der Waals surface area contributed by atoms with Gasteiger partial charge in [-0.05, 0) is 0 Å². The van der Waals surface area contributed by atoms with Crippen LogP contribution in [0.4, 0.5) is 0 Å². The fourth-order valence-corrected chi connectivity index (χ4v) is 11.1. The van der Waals surface area contributed by atoms with Gasteiger partial charge in [0, 0.05) is 0 Å². The van der Waals surface area contributed by atoms with Crippen molar-refractivity contribution in [3.8, 4) is 0 Å². The quantitative estimate of drug-likeness (QED) is 0.341. The number of unbranched alkanes of at least 4 members (excludes halogenated alkanes) is 4. The molecule has 1 N–H and O–H groups in total. The first-order valence-electron chi connectivity index (χ1n) is 11.6. The van der Waals surface area contributed by atoms with Crippen molar-refractivity contribution in [1.29, 1.82) is 0 Å². The first-order chi connectivity index (χ1) is 14.0. The van der Waals surface area contributed by atoms with Crippen LogP contribution in [0.3, 0.4) is 0 Å². The molecule has 0 saturated heterocycles. The third kappa shape index (κ3) is 5.78. The molecule has 0 aliphatic carbocycles. The molecule has 2 aromatic rings. The molecule has 164 valence electrons. The molecule has 0 spiro atoms. The maximum absolute atomic E-state index is 13.6. The van der Waals surface area contributed by atoms with Crippen LogP contribution in [0.15, 0.2) is 18.2 Å². The molecule has 1 aromatic carbocycles. The van der Waals surface area contributed by atoms with Gasteiger partial charge in [-0.2, -0.15) is 0 Å². The van der Waals surface area contributed by atoms with E-state index in [9.17, 15) is 4.79 Å². The molecule has 6 heteroatoms. The van der Waals surface area contributed by atoms with E-state index in [0.717, 1.165) is 76.0 Å². The molecule has 0 radical (unpaired) electrons. The van der Waals surface area contributed by atoms with Gasteiger partial charge in [0.25, 0.3) is 0 Å². The number of carbonyl (C=O) groups excluding carboxylic acids is 1. The number of para-hydroxylation sites is 1. The third-order valence-corrected chi connectivity index (χ3v) is 12.7. The van der Waals surface area contributed by atoms with Crippen LogP contribution in [-0.2, 0) is 4.52 Å². The summed E-state index contributed by atoms with van der Waals surface area (Å²) in [5, 5.41) is 11.0. The van der Waals surface area contributed by atoms with Gasteiger partial charge in [0.2, 0.25) is 0 Å². The second-order valence-electron chi connectivity index (χ2n) is 8.54. The van der Waals surface area contributed by atoms with E-state index in [1.807, 2.05) is 18.2 Å². The van der Waals surface area contributed by atoms with E-state index >= 15 is 0 Å². The van der Waals surface area contributed by atoms with Gasteiger partial charge in [-0.15, -0.1) is 0 Å². The molecule has 0 fully saturated rings. The number of hydrogen-bond donors (Lipinski definition) is 1. The average molecular weight is 422 g/mol. The Morgan fingerprint density at radius 2 is 1.38 bits per heavy atom. The molecular weight excluding hydrogens is 381 g/mol. The number of benzene rings is 1. The Hall–Kier alpha value is -1.48. The van der Waals surface area contributed by atoms with Crippen LogP contribution in [0, 0.1) is 0 Å². The molecule has 0 unspecified atom stereocenters. The van der Waals surface area contributed by atoms with Crippen molar-refractivity contribution in [3.63, 3.8) is 0 Å². The monoisotopic (exact) mass is 421 g/mol. The van der Waals surface area contributed by atoms with Gasteiger partial charge in [0.1, 0.15) is 0 Å². The van der Waals surface area contributed by atoms with E-state index in [1.54, 1.807) is 0 Å². The van der Waals surface area contributed by atoms with E-state index in [0.29, 0.717) is 16.6 Å². The minimum absolute atomic E-state index is 0.193. The molecule has 0 saturated carbocycles. The van der Waals surface area contributed by atoms with Crippen LogP contribution in [0.5, 0.6) is 0 Å². The molecule has 0 aliphatic rings. The van der Waals surface area contributed by atoms with Crippen molar-refractivity contribution in [2.24, 2.45) is 0 Å². The molecule has 5 nitrogen and oxygen atoms in total. The van der Waals surface area contributed by atoms with Crippen molar-refractivity contribution in [2.75, 3.05) is 24.6 Å². The van der Waals surface area contributed by atoms with Crippen LogP contribution in [-0.4, -0.2) is 46.0 Å². The van der Waals surface area contributed by atoms with Crippen LogP contribution in [0.2, 0.25) is 0 Å². The Bertz CT molecular complexity index is 731. The van der Waals surface area contributed by atoms with Gasteiger partial charge < -0.3 is 0 Å². The summed E-state index contributed by atoms with van der Waals surface area (Å²) in [4.78, 5) is 13.6. The number of rotatable bonds is 14. The third-order valence-electron chi connectivity index (χ3n) is 6.22. The fourth-order valence-electron chi connectivity index (χ4n) is 4.40. The van der Waals surface area contributed by atoms with E-state index in [-0.39, 0.29) is 5.97 Å². The summed E-state index contributed by atoms with van der Waals surface area (Å²) in [6.07, 6.45) is 13.4. The van der Waals surface area contributed by atoms with Crippen molar-refractivity contribution in [3.05, 3.63) is 23.8 Å². The summed E-state index contributed by atoms with van der Waals surface area (Å²) in [6.45, 7) is 6.31. The number of nitrogens with zero attached hydrogens (tertiary/aromatic N) is 2. The maximum atomic E-state index is 13.6.